The summed E-state index contributed by atoms with van der Waals surface area (Å²) in [5.41, 5.74) is 12.6. The number of fused-ring (bicyclic) bond motifs is 8. The zero-order chi connectivity index (χ0) is 40.4. The zero-order valence-electron chi connectivity index (χ0n) is 33.6. The summed E-state index contributed by atoms with van der Waals surface area (Å²) in [7, 11) is 0. The van der Waals surface area contributed by atoms with Gasteiger partial charge >= 0.3 is 0 Å². The Morgan fingerprint density at radius 2 is 0.820 bits per heavy atom. The minimum atomic E-state index is 0.732. The molecule has 0 fully saturated rings. The van der Waals surface area contributed by atoms with Gasteiger partial charge in [-0.2, -0.15) is 0 Å². The first kappa shape index (κ1) is 35.0. The van der Waals surface area contributed by atoms with Crippen LogP contribution in [-0.4, -0.2) is 9.97 Å². The summed E-state index contributed by atoms with van der Waals surface area (Å²) in [5.74, 6) is 0.732. The van der Waals surface area contributed by atoms with E-state index in [4.69, 9.17) is 9.97 Å². The van der Waals surface area contributed by atoms with Crippen LogP contribution in [0.5, 0.6) is 0 Å². The van der Waals surface area contributed by atoms with Gasteiger partial charge in [0, 0.05) is 16.5 Å². The first-order valence-electron chi connectivity index (χ1n) is 21.0. The third kappa shape index (κ3) is 5.95. The van der Waals surface area contributed by atoms with Gasteiger partial charge in [0.15, 0.2) is 5.82 Å². The van der Waals surface area contributed by atoms with Crippen molar-refractivity contribution in [1.82, 2.24) is 9.97 Å². The van der Waals surface area contributed by atoms with Gasteiger partial charge in [-0.25, -0.2) is 9.97 Å². The third-order valence-corrected chi connectivity index (χ3v) is 12.5. The van der Waals surface area contributed by atoms with E-state index in [0.717, 1.165) is 38.9 Å². The van der Waals surface area contributed by atoms with Crippen molar-refractivity contribution in [2.24, 2.45) is 0 Å². The zero-order valence-corrected chi connectivity index (χ0v) is 33.6. The van der Waals surface area contributed by atoms with Crippen LogP contribution >= 0.6 is 0 Å². The molecule has 0 unspecified atom stereocenters. The van der Waals surface area contributed by atoms with Crippen molar-refractivity contribution >= 4 is 64.8 Å². The van der Waals surface area contributed by atoms with Gasteiger partial charge in [-0.3, -0.25) is 0 Å². The van der Waals surface area contributed by atoms with Crippen molar-refractivity contribution in [3.8, 4) is 56.0 Å². The van der Waals surface area contributed by atoms with Crippen LogP contribution in [0.1, 0.15) is 5.56 Å². The van der Waals surface area contributed by atoms with E-state index in [1.165, 1.54) is 87.4 Å². The minimum absolute atomic E-state index is 0.732. The summed E-state index contributed by atoms with van der Waals surface area (Å²) in [6.07, 6.45) is 0. The average molecular weight is 775 g/mol. The highest BCUT2D eigenvalue weighted by Gasteiger charge is 2.15. The Kier molecular flexibility index (Phi) is 8.11. The van der Waals surface area contributed by atoms with Gasteiger partial charge in [0.1, 0.15) is 0 Å². The Morgan fingerprint density at radius 3 is 1.56 bits per heavy atom. The molecule has 0 aliphatic heterocycles. The SMILES string of the molecule is Cc1cccc2ccc3cccc(-c4cccc5ccc6cc(-c7ccc(-c8ccc9cc(-c%10nc(-c%11ccccc%11)c%11ccccc%11n%10)ccc9c8)cc7)ccc6c45)c3c12. The number of benzene rings is 11. The molecule has 0 aliphatic rings. The van der Waals surface area contributed by atoms with Gasteiger partial charge in [-0.15, -0.1) is 0 Å². The van der Waals surface area contributed by atoms with Crippen molar-refractivity contribution in [3.05, 3.63) is 218 Å². The molecular weight excluding hydrogens is 737 g/mol. The van der Waals surface area contributed by atoms with E-state index in [0.29, 0.717) is 0 Å². The largest absolute Gasteiger partial charge is 0.228 e. The molecule has 0 saturated carbocycles. The molecule has 11 aromatic carbocycles. The van der Waals surface area contributed by atoms with E-state index in [9.17, 15) is 0 Å². The van der Waals surface area contributed by atoms with E-state index in [1.807, 2.05) is 18.2 Å². The molecule has 61 heavy (non-hydrogen) atoms. The monoisotopic (exact) mass is 774 g/mol. The molecule has 0 amide bonds. The highest BCUT2D eigenvalue weighted by molar-refractivity contribution is 6.21. The van der Waals surface area contributed by atoms with E-state index < -0.39 is 0 Å². The quantitative estimate of drug-likeness (QED) is 0.163. The van der Waals surface area contributed by atoms with Crippen molar-refractivity contribution < 1.29 is 0 Å². The number of nitrogens with zero attached hydrogens (tertiary/aromatic N) is 2. The summed E-state index contributed by atoms with van der Waals surface area (Å²) in [4.78, 5) is 10.1. The Hall–Kier alpha value is -7.94. The maximum atomic E-state index is 5.10. The third-order valence-electron chi connectivity index (χ3n) is 12.5. The lowest BCUT2D eigenvalue weighted by atomic mass is 9.88. The number of aryl methyl sites for hydroxylation is 1. The predicted octanol–water partition coefficient (Wildman–Crippen LogP) is 16.0. The lowest BCUT2D eigenvalue weighted by molar-refractivity contribution is 1.23. The Bertz CT molecular complexity index is 3700. The van der Waals surface area contributed by atoms with E-state index in [1.54, 1.807) is 0 Å². The first-order valence-corrected chi connectivity index (χ1v) is 21.0. The summed E-state index contributed by atoms with van der Waals surface area (Å²) in [6, 6.07) is 77.0. The second-order valence-corrected chi connectivity index (χ2v) is 16.2. The molecule has 0 bridgehead atoms. The highest BCUT2D eigenvalue weighted by Crippen LogP contribution is 2.42. The van der Waals surface area contributed by atoms with Crippen molar-refractivity contribution in [2.45, 2.75) is 6.92 Å². The molecule has 2 nitrogen and oxygen atoms in total. The maximum absolute atomic E-state index is 5.10. The lowest BCUT2D eigenvalue weighted by Gasteiger charge is -2.16. The van der Waals surface area contributed by atoms with Crippen molar-refractivity contribution in [2.75, 3.05) is 0 Å². The summed E-state index contributed by atoms with van der Waals surface area (Å²) < 4.78 is 0. The minimum Gasteiger partial charge on any atom is -0.228 e. The fourth-order valence-electron chi connectivity index (χ4n) is 9.53. The Morgan fingerprint density at radius 1 is 0.295 bits per heavy atom. The molecule has 0 aliphatic carbocycles. The molecule has 2 heteroatoms. The molecule has 284 valence electrons. The van der Waals surface area contributed by atoms with Crippen LogP contribution < -0.4 is 0 Å². The second kappa shape index (κ2) is 14.1. The number of para-hydroxylation sites is 1. The van der Waals surface area contributed by atoms with Gasteiger partial charge < -0.3 is 0 Å². The standard InChI is InChI=1S/C59H38N2/c1-37-10-7-13-40-24-25-42-15-9-18-52(57(42)55(37)40)51-17-8-14-41-26-30-48-35-45(32-33-50(48)56(41)51)39-22-20-38(21-23-39)44-27-28-47-36-49(31-29-46(47)34-44)59-60-54-19-6-5-16-53(54)58(61-59)43-11-3-2-4-12-43/h2-36H,1H3. The van der Waals surface area contributed by atoms with Crippen LogP contribution in [0.25, 0.3) is 121 Å². The van der Waals surface area contributed by atoms with Crippen LogP contribution in [0, 0.1) is 6.92 Å². The molecule has 0 saturated heterocycles. The van der Waals surface area contributed by atoms with E-state index in [-0.39, 0.29) is 0 Å². The summed E-state index contributed by atoms with van der Waals surface area (Å²) in [5, 5.41) is 13.7. The molecule has 12 rings (SSSR count). The number of hydrogen-bond donors (Lipinski definition) is 0. The van der Waals surface area contributed by atoms with Crippen LogP contribution in [0.2, 0.25) is 0 Å². The van der Waals surface area contributed by atoms with Crippen LogP contribution in [0.15, 0.2) is 212 Å². The van der Waals surface area contributed by atoms with Gasteiger partial charge in [-0.05, 0) is 124 Å². The fourth-order valence-corrected chi connectivity index (χ4v) is 9.53. The molecule has 1 aromatic heterocycles. The summed E-state index contributed by atoms with van der Waals surface area (Å²) >= 11 is 0. The molecule has 12 aromatic rings. The molecule has 0 N–H and O–H groups in total. The number of aromatic nitrogens is 2. The summed E-state index contributed by atoms with van der Waals surface area (Å²) in [6.45, 7) is 2.23. The van der Waals surface area contributed by atoms with Gasteiger partial charge in [0.25, 0.3) is 0 Å². The Balaban J connectivity index is 0.874. The normalized spacial score (nSPS) is 11.7. The highest BCUT2D eigenvalue weighted by atomic mass is 14.9. The maximum Gasteiger partial charge on any atom is 0.160 e. The van der Waals surface area contributed by atoms with Crippen molar-refractivity contribution in [1.29, 1.82) is 0 Å². The molecule has 0 spiro atoms. The second-order valence-electron chi connectivity index (χ2n) is 16.2. The van der Waals surface area contributed by atoms with E-state index >= 15 is 0 Å². The lowest BCUT2D eigenvalue weighted by Crippen LogP contribution is -1.95. The smallest absolute Gasteiger partial charge is 0.160 e. The van der Waals surface area contributed by atoms with Gasteiger partial charge in [0.2, 0.25) is 0 Å². The predicted molar refractivity (Wildman–Crippen MR) is 259 cm³/mol. The number of hydrogen-bond acceptors (Lipinski definition) is 2. The van der Waals surface area contributed by atoms with Crippen LogP contribution in [0.4, 0.5) is 0 Å². The topological polar surface area (TPSA) is 25.8 Å². The number of rotatable bonds is 5. The molecule has 1 heterocycles. The first-order chi connectivity index (χ1) is 30.1. The van der Waals surface area contributed by atoms with Crippen LogP contribution in [-0.2, 0) is 0 Å². The Labute approximate surface area is 354 Å². The molecule has 0 radical (unpaired) electrons. The van der Waals surface area contributed by atoms with Gasteiger partial charge in [0.05, 0.1) is 11.2 Å². The molecule has 0 atom stereocenters. The molecular formula is C59H38N2. The van der Waals surface area contributed by atoms with Crippen molar-refractivity contribution in [3.63, 3.8) is 0 Å². The fraction of sp³-hybridized carbons (Fsp3) is 0.0169. The van der Waals surface area contributed by atoms with Gasteiger partial charge in [-0.1, -0.05) is 188 Å². The van der Waals surface area contributed by atoms with E-state index in [2.05, 4.69) is 201 Å². The van der Waals surface area contributed by atoms with Crippen LogP contribution in [0.3, 0.4) is 0 Å². The average Bonchev–Trinajstić information content (AvgIpc) is 3.33.